The molecule has 0 saturated carbocycles. The van der Waals surface area contributed by atoms with Crippen molar-refractivity contribution in [3.8, 4) is 0 Å². The molecule has 0 amide bonds. The molecular weight excluding hydrogens is 428 g/mol. The van der Waals surface area contributed by atoms with Crippen LogP contribution in [0.25, 0.3) is 0 Å². The number of hydrogen-bond donors (Lipinski definition) is 2. The van der Waals surface area contributed by atoms with E-state index in [1.54, 1.807) is 0 Å². The summed E-state index contributed by atoms with van der Waals surface area (Å²) in [6, 6.07) is 0.213. The fraction of sp³-hybridized carbons (Fsp3) is 0.692. The molecule has 1 aromatic heterocycles. The van der Waals surface area contributed by atoms with Gasteiger partial charge in [0.05, 0.1) is 6.54 Å². The van der Waals surface area contributed by atoms with Crippen LogP contribution in [0.2, 0.25) is 0 Å². The maximum atomic E-state index is 12.5. The molecule has 0 aliphatic rings. The third-order valence-electron chi connectivity index (χ3n) is 2.92. The number of hydrogen-bond acceptors (Lipinski definition) is 3. The molecule has 4 nitrogen and oxygen atoms in total. The molecule has 128 valence electrons. The number of rotatable bonds is 5. The van der Waals surface area contributed by atoms with E-state index in [1.165, 1.54) is 0 Å². The van der Waals surface area contributed by atoms with Gasteiger partial charge in [-0.3, -0.25) is 0 Å². The third-order valence-corrected chi connectivity index (χ3v) is 3.76. The minimum absolute atomic E-state index is 0. The SMILES string of the molecule is CCNC(=NCc1nc(C(F)(F)F)cs1)NC(C)C(C)C.I. The van der Waals surface area contributed by atoms with Gasteiger partial charge in [0.25, 0.3) is 0 Å². The second kappa shape index (κ2) is 9.53. The van der Waals surface area contributed by atoms with Crippen LogP contribution in [0.3, 0.4) is 0 Å². The first-order valence-corrected chi connectivity index (χ1v) is 7.68. The summed E-state index contributed by atoms with van der Waals surface area (Å²) in [5.74, 6) is 1.01. The van der Waals surface area contributed by atoms with Crippen molar-refractivity contribution in [1.29, 1.82) is 0 Å². The zero-order valence-electron chi connectivity index (χ0n) is 13.0. The molecule has 22 heavy (non-hydrogen) atoms. The summed E-state index contributed by atoms with van der Waals surface area (Å²) in [5, 5.41) is 7.65. The fourth-order valence-electron chi connectivity index (χ4n) is 1.36. The molecule has 1 rings (SSSR count). The number of thiazole rings is 1. The number of halogens is 4. The summed E-state index contributed by atoms with van der Waals surface area (Å²) >= 11 is 0.968. The minimum Gasteiger partial charge on any atom is -0.357 e. The Morgan fingerprint density at radius 2 is 2.00 bits per heavy atom. The third kappa shape index (κ3) is 7.12. The van der Waals surface area contributed by atoms with Gasteiger partial charge in [0, 0.05) is 18.0 Å². The van der Waals surface area contributed by atoms with Gasteiger partial charge in [0.1, 0.15) is 5.01 Å². The van der Waals surface area contributed by atoms with Gasteiger partial charge in [-0.1, -0.05) is 13.8 Å². The summed E-state index contributed by atoms with van der Waals surface area (Å²) in [7, 11) is 0. The van der Waals surface area contributed by atoms with E-state index in [9.17, 15) is 13.2 Å². The molecule has 1 unspecified atom stereocenters. The molecule has 1 aromatic rings. The van der Waals surface area contributed by atoms with E-state index in [0.717, 1.165) is 16.7 Å². The number of aromatic nitrogens is 1. The first-order chi connectivity index (χ1) is 9.74. The van der Waals surface area contributed by atoms with E-state index >= 15 is 0 Å². The Hall–Kier alpha value is -0.580. The van der Waals surface area contributed by atoms with Crippen LogP contribution in [0.1, 0.15) is 38.4 Å². The van der Waals surface area contributed by atoms with Gasteiger partial charge in [0.15, 0.2) is 11.7 Å². The number of nitrogens with zero attached hydrogens (tertiary/aromatic N) is 2. The Morgan fingerprint density at radius 1 is 1.36 bits per heavy atom. The average Bonchev–Trinajstić information content (AvgIpc) is 2.84. The van der Waals surface area contributed by atoms with Crippen molar-refractivity contribution in [2.75, 3.05) is 6.54 Å². The van der Waals surface area contributed by atoms with E-state index < -0.39 is 11.9 Å². The molecular formula is C13H22F3IN4S. The van der Waals surface area contributed by atoms with Gasteiger partial charge < -0.3 is 10.6 Å². The first kappa shape index (κ1) is 21.4. The number of aliphatic imine (C=N–C) groups is 1. The summed E-state index contributed by atoms with van der Waals surface area (Å²) in [6.45, 7) is 8.93. The lowest BCUT2D eigenvalue weighted by molar-refractivity contribution is -0.140. The van der Waals surface area contributed by atoms with Crippen molar-refractivity contribution < 1.29 is 13.2 Å². The van der Waals surface area contributed by atoms with E-state index in [1.807, 2.05) is 13.8 Å². The summed E-state index contributed by atoms with van der Waals surface area (Å²) in [4.78, 5) is 7.84. The molecule has 9 heteroatoms. The van der Waals surface area contributed by atoms with Crippen LogP contribution in [0, 0.1) is 5.92 Å². The van der Waals surface area contributed by atoms with Gasteiger partial charge in [-0.15, -0.1) is 35.3 Å². The zero-order valence-corrected chi connectivity index (χ0v) is 16.1. The van der Waals surface area contributed by atoms with E-state index in [2.05, 4.69) is 34.5 Å². The number of alkyl halides is 3. The Labute approximate surface area is 150 Å². The predicted molar refractivity (Wildman–Crippen MR) is 94.8 cm³/mol. The summed E-state index contributed by atoms with van der Waals surface area (Å²) in [6.07, 6.45) is -4.40. The molecule has 0 aliphatic heterocycles. The quantitative estimate of drug-likeness (QED) is 0.407. The van der Waals surface area contributed by atoms with Crippen LogP contribution >= 0.6 is 35.3 Å². The zero-order chi connectivity index (χ0) is 16.0. The topological polar surface area (TPSA) is 49.3 Å². The van der Waals surface area contributed by atoms with Crippen molar-refractivity contribution in [3.63, 3.8) is 0 Å². The second-order valence-electron chi connectivity index (χ2n) is 5.00. The fourth-order valence-corrected chi connectivity index (χ4v) is 2.09. The van der Waals surface area contributed by atoms with Crippen molar-refractivity contribution in [1.82, 2.24) is 15.6 Å². The van der Waals surface area contributed by atoms with Crippen molar-refractivity contribution in [2.24, 2.45) is 10.9 Å². The highest BCUT2D eigenvalue weighted by Gasteiger charge is 2.33. The number of nitrogens with one attached hydrogen (secondary N) is 2. The Balaban J connectivity index is 0.00000441. The van der Waals surface area contributed by atoms with Gasteiger partial charge in [-0.2, -0.15) is 13.2 Å². The lowest BCUT2D eigenvalue weighted by Crippen LogP contribution is -2.44. The summed E-state index contributed by atoms with van der Waals surface area (Å²) < 4.78 is 37.4. The Bertz CT molecular complexity index is 474. The highest BCUT2D eigenvalue weighted by Crippen LogP contribution is 2.30. The Kier molecular flexibility index (Phi) is 9.28. The van der Waals surface area contributed by atoms with Gasteiger partial charge >= 0.3 is 6.18 Å². The highest BCUT2D eigenvalue weighted by molar-refractivity contribution is 14.0. The molecule has 1 heterocycles. The lowest BCUT2D eigenvalue weighted by Gasteiger charge is -2.20. The molecule has 0 aromatic carbocycles. The minimum atomic E-state index is -4.40. The molecule has 1 atom stereocenters. The van der Waals surface area contributed by atoms with E-state index in [4.69, 9.17) is 0 Å². The second-order valence-corrected chi connectivity index (χ2v) is 5.94. The largest absolute Gasteiger partial charge is 0.434 e. The smallest absolute Gasteiger partial charge is 0.357 e. The summed E-state index contributed by atoms with van der Waals surface area (Å²) in [5.41, 5.74) is -0.855. The first-order valence-electron chi connectivity index (χ1n) is 6.80. The number of guanidine groups is 1. The molecule has 0 radical (unpaired) electrons. The van der Waals surface area contributed by atoms with Crippen molar-refractivity contribution in [3.05, 3.63) is 16.1 Å². The molecule has 0 fully saturated rings. The van der Waals surface area contributed by atoms with Crippen LogP contribution in [0.5, 0.6) is 0 Å². The lowest BCUT2D eigenvalue weighted by atomic mass is 10.1. The van der Waals surface area contributed by atoms with E-state index in [-0.39, 0.29) is 36.6 Å². The molecule has 0 saturated heterocycles. The molecule has 0 bridgehead atoms. The van der Waals surface area contributed by atoms with Crippen molar-refractivity contribution in [2.45, 2.75) is 46.5 Å². The van der Waals surface area contributed by atoms with Crippen LogP contribution in [-0.2, 0) is 12.7 Å². The predicted octanol–water partition coefficient (Wildman–Crippen LogP) is 3.88. The van der Waals surface area contributed by atoms with Crippen LogP contribution < -0.4 is 10.6 Å². The van der Waals surface area contributed by atoms with Gasteiger partial charge in [-0.25, -0.2) is 9.98 Å². The average molecular weight is 450 g/mol. The molecule has 0 aliphatic carbocycles. The van der Waals surface area contributed by atoms with Crippen LogP contribution in [0.4, 0.5) is 13.2 Å². The monoisotopic (exact) mass is 450 g/mol. The Morgan fingerprint density at radius 3 is 2.45 bits per heavy atom. The van der Waals surface area contributed by atoms with Gasteiger partial charge in [0.2, 0.25) is 0 Å². The van der Waals surface area contributed by atoms with Crippen molar-refractivity contribution >= 4 is 41.3 Å². The molecule has 0 spiro atoms. The molecule has 2 N–H and O–H groups in total. The van der Waals surface area contributed by atoms with E-state index in [0.29, 0.717) is 23.4 Å². The standard InChI is InChI=1S/C13H21F3N4S.HI/c1-5-17-12(19-9(4)8(2)3)18-6-11-20-10(7-21-11)13(14,15)16;/h7-9H,5-6H2,1-4H3,(H2,17,18,19);1H. The maximum absolute atomic E-state index is 12.5. The highest BCUT2D eigenvalue weighted by atomic mass is 127. The normalized spacial score (nSPS) is 13.7. The van der Waals surface area contributed by atoms with Crippen LogP contribution in [-0.4, -0.2) is 23.5 Å². The van der Waals surface area contributed by atoms with Crippen LogP contribution in [0.15, 0.2) is 10.4 Å². The maximum Gasteiger partial charge on any atom is 0.434 e. The van der Waals surface area contributed by atoms with Gasteiger partial charge in [-0.05, 0) is 19.8 Å².